The van der Waals surface area contributed by atoms with Crippen LogP contribution in [-0.4, -0.2) is 4.57 Å². The second kappa shape index (κ2) is 13.8. The van der Waals surface area contributed by atoms with E-state index in [0.717, 1.165) is 55.8 Å². The van der Waals surface area contributed by atoms with Crippen LogP contribution in [0.5, 0.6) is 0 Å². The molecular weight excluding hydrogens is 717 g/mol. The van der Waals surface area contributed by atoms with Crippen LogP contribution in [0.25, 0.3) is 55.0 Å². The van der Waals surface area contributed by atoms with Crippen LogP contribution in [0.3, 0.4) is 0 Å². The number of fused-ring (bicyclic) bond motifs is 7. The maximum absolute atomic E-state index is 7.14. The number of hydrogen-bond acceptors (Lipinski definition) is 2. The van der Waals surface area contributed by atoms with Crippen LogP contribution in [0.2, 0.25) is 0 Å². The standard InChI is InChI=1S/C56H40N2O/c1-3-20-42-43-27-14-17-30-49(43)56(48(42)4-2,38-21-8-5-9-22-38)50-35-34-46-45-29-16-19-32-53(45)59-55(46)54(50)57(39-23-10-6-11-24-39)41-33-36-52-47(37-41)44-28-15-18-31-51(44)58(52)40-25-12-7-13-26-40/h3-37H,1H2,2H3/b42-20?,48-4+. The Kier molecular flexibility index (Phi) is 8.09. The van der Waals surface area contributed by atoms with Gasteiger partial charge in [0.25, 0.3) is 0 Å². The number of hydrogen-bond donors (Lipinski definition) is 0. The molecule has 2 heterocycles. The zero-order valence-electron chi connectivity index (χ0n) is 32.7. The fourth-order valence-electron chi connectivity index (χ4n) is 9.89. The summed E-state index contributed by atoms with van der Waals surface area (Å²) in [6.45, 7) is 6.36. The zero-order valence-corrected chi connectivity index (χ0v) is 32.7. The van der Waals surface area contributed by atoms with Crippen molar-refractivity contribution in [2.75, 3.05) is 4.90 Å². The minimum Gasteiger partial charge on any atom is -0.454 e. The molecule has 0 amide bonds. The van der Waals surface area contributed by atoms with Gasteiger partial charge in [0.2, 0.25) is 0 Å². The molecule has 8 aromatic carbocycles. The van der Waals surface area contributed by atoms with Crippen LogP contribution in [0.1, 0.15) is 29.2 Å². The SMILES string of the molecule is C=CC=C1/C(=C\C)C(c2ccccc2)(c2ccc3c(oc4ccccc43)c2N(c2ccccc2)c2ccc3c(c2)c2ccccc2n3-c2ccccc2)c2ccccc21. The first-order valence-electron chi connectivity index (χ1n) is 20.3. The minimum absolute atomic E-state index is 0.718. The molecule has 0 radical (unpaired) electrons. The smallest absolute Gasteiger partial charge is 0.159 e. The van der Waals surface area contributed by atoms with Gasteiger partial charge in [0.15, 0.2) is 5.58 Å². The Labute approximate surface area is 343 Å². The Bertz CT molecular complexity index is 3300. The monoisotopic (exact) mass is 756 g/mol. The summed E-state index contributed by atoms with van der Waals surface area (Å²) in [5, 5.41) is 4.53. The third-order valence-electron chi connectivity index (χ3n) is 12.2. The average Bonchev–Trinajstić information content (AvgIpc) is 3.94. The molecular formula is C56H40N2O. The third kappa shape index (κ3) is 5.08. The van der Waals surface area contributed by atoms with Crippen molar-refractivity contribution in [3.63, 3.8) is 0 Å². The molecule has 3 heteroatoms. The van der Waals surface area contributed by atoms with Gasteiger partial charge in [-0.3, -0.25) is 0 Å². The maximum atomic E-state index is 7.14. The Morgan fingerprint density at radius 1 is 0.559 bits per heavy atom. The summed E-state index contributed by atoms with van der Waals surface area (Å²) in [5.74, 6) is 0. The average molecular weight is 757 g/mol. The highest BCUT2D eigenvalue weighted by molar-refractivity contribution is 6.14. The molecule has 3 nitrogen and oxygen atoms in total. The Morgan fingerprint density at radius 3 is 2.00 bits per heavy atom. The molecule has 1 aliphatic carbocycles. The molecule has 2 aromatic heterocycles. The summed E-state index contributed by atoms with van der Waals surface area (Å²) in [6.07, 6.45) is 6.38. The molecule has 0 fully saturated rings. The van der Waals surface area contributed by atoms with Crippen LogP contribution in [0.4, 0.5) is 17.1 Å². The summed E-state index contributed by atoms with van der Waals surface area (Å²) in [6, 6.07) is 70.0. The van der Waals surface area contributed by atoms with Gasteiger partial charge >= 0.3 is 0 Å². The summed E-state index contributed by atoms with van der Waals surface area (Å²) >= 11 is 0. The highest BCUT2D eigenvalue weighted by Gasteiger charge is 2.50. The van der Waals surface area contributed by atoms with Crippen molar-refractivity contribution in [2.24, 2.45) is 0 Å². The summed E-state index contributed by atoms with van der Waals surface area (Å²) in [4.78, 5) is 2.43. The number of anilines is 3. The fourth-order valence-corrected chi connectivity index (χ4v) is 9.89. The van der Waals surface area contributed by atoms with E-state index in [1.165, 1.54) is 44.1 Å². The molecule has 0 saturated carbocycles. The molecule has 11 rings (SSSR count). The van der Waals surface area contributed by atoms with Gasteiger partial charge in [0.1, 0.15) is 5.58 Å². The van der Waals surface area contributed by atoms with Gasteiger partial charge < -0.3 is 13.9 Å². The van der Waals surface area contributed by atoms with Crippen molar-refractivity contribution in [3.05, 3.63) is 247 Å². The van der Waals surface area contributed by atoms with Gasteiger partial charge in [-0.05, 0) is 94.9 Å². The van der Waals surface area contributed by atoms with Gasteiger partial charge in [-0.1, -0.05) is 164 Å². The van der Waals surface area contributed by atoms with Crippen molar-refractivity contribution in [1.29, 1.82) is 0 Å². The van der Waals surface area contributed by atoms with Crippen molar-refractivity contribution in [3.8, 4) is 5.69 Å². The van der Waals surface area contributed by atoms with E-state index >= 15 is 0 Å². The van der Waals surface area contributed by atoms with Gasteiger partial charge in [-0.15, -0.1) is 0 Å². The summed E-state index contributed by atoms with van der Waals surface area (Å²) in [7, 11) is 0. The quantitative estimate of drug-likeness (QED) is 0.161. The first-order valence-corrected chi connectivity index (χ1v) is 20.3. The highest BCUT2D eigenvalue weighted by Crippen LogP contribution is 2.61. The van der Waals surface area contributed by atoms with Crippen LogP contribution in [-0.2, 0) is 5.41 Å². The van der Waals surface area contributed by atoms with Crippen LogP contribution in [0.15, 0.2) is 229 Å². The van der Waals surface area contributed by atoms with E-state index in [1.807, 2.05) is 6.08 Å². The molecule has 1 aliphatic rings. The summed E-state index contributed by atoms with van der Waals surface area (Å²) < 4.78 is 9.52. The van der Waals surface area contributed by atoms with E-state index in [9.17, 15) is 0 Å². The first kappa shape index (κ1) is 34.6. The second-order valence-electron chi connectivity index (χ2n) is 15.2. The Morgan fingerprint density at radius 2 is 1.22 bits per heavy atom. The number of aromatic nitrogens is 1. The van der Waals surface area contributed by atoms with Gasteiger partial charge in [0.05, 0.1) is 22.1 Å². The van der Waals surface area contributed by atoms with Gasteiger partial charge in [-0.2, -0.15) is 0 Å². The lowest BCUT2D eigenvalue weighted by Gasteiger charge is -2.38. The number of benzene rings is 8. The molecule has 0 saturated heterocycles. The van der Waals surface area contributed by atoms with E-state index < -0.39 is 5.41 Å². The third-order valence-corrected chi connectivity index (χ3v) is 12.2. The molecule has 0 N–H and O–H groups in total. The van der Waals surface area contributed by atoms with Crippen LogP contribution < -0.4 is 4.90 Å². The lowest BCUT2D eigenvalue weighted by Crippen LogP contribution is -2.31. The minimum atomic E-state index is -0.718. The van der Waals surface area contributed by atoms with E-state index in [4.69, 9.17) is 4.42 Å². The summed E-state index contributed by atoms with van der Waals surface area (Å²) in [5.41, 5.74) is 14.6. The zero-order chi connectivity index (χ0) is 39.5. The van der Waals surface area contributed by atoms with Crippen LogP contribution in [0, 0.1) is 0 Å². The molecule has 280 valence electrons. The lowest BCUT2D eigenvalue weighted by atomic mass is 9.66. The molecule has 59 heavy (non-hydrogen) atoms. The van der Waals surface area contributed by atoms with Gasteiger partial charge in [-0.25, -0.2) is 0 Å². The predicted molar refractivity (Wildman–Crippen MR) is 247 cm³/mol. The van der Waals surface area contributed by atoms with E-state index in [0.29, 0.717) is 0 Å². The molecule has 1 unspecified atom stereocenters. The molecule has 0 aliphatic heterocycles. The van der Waals surface area contributed by atoms with Gasteiger partial charge in [0, 0.05) is 38.6 Å². The van der Waals surface area contributed by atoms with E-state index in [2.05, 4.69) is 229 Å². The van der Waals surface area contributed by atoms with Crippen molar-refractivity contribution < 1.29 is 4.42 Å². The van der Waals surface area contributed by atoms with Crippen molar-refractivity contribution >= 4 is 66.4 Å². The van der Waals surface area contributed by atoms with Crippen LogP contribution >= 0.6 is 0 Å². The predicted octanol–water partition coefficient (Wildman–Crippen LogP) is 15.0. The lowest BCUT2D eigenvalue weighted by molar-refractivity contribution is 0.666. The fraction of sp³-hybridized carbons (Fsp3) is 0.0357. The maximum Gasteiger partial charge on any atom is 0.159 e. The number of nitrogens with zero attached hydrogens (tertiary/aromatic N) is 2. The first-order chi connectivity index (χ1) is 29.2. The van der Waals surface area contributed by atoms with Crippen molar-refractivity contribution in [2.45, 2.75) is 12.3 Å². The molecule has 0 bridgehead atoms. The number of allylic oxidation sites excluding steroid dienone is 5. The Balaban J connectivity index is 1.31. The van der Waals surface area contributed by atoms with E-state index in [-0.39, 0.29) is 0 Å². The number of furan rings is 1. The number of rotatable bonds is 7. The molecule has 1 atom stereocenters. The number of para-hydroxylation sites is 4. The Hall–Kier alpha value is -7.62. The second-order valence-corrected chi connectivity index (χ2v) is 15.2. The van der Waals surface area contributed by atoms with Crippen molar-refractivity contribution in [1.82, 2.24) is 4.57 Å². The molecule has 10 aromatic rings. The topological polar surface area (TPSA) is 21.3 Å². The largest absolute Gasteiger partial charge is 0.454 e. The molecule has 0 spiro atoms. The van der Waals surface area contributed by atoms with E-state index in [1.54, 1.807) is 0 Å². The highest BCUT2D eigenvalue weighted by atomic mass is 16.3. The normalized spacial score (nSPS) is 16.4.